The number of hydrogen-bond donors (Lipinski definition) is 0. The van der Waals surface area contributed by atoms with Crippen LogP contribution in [0.3, 0.4) is 0 Å². The quantitative estimate of drug-likeness (QED) is 0.370. The molecule has 0 amide bonds. The van der Waals surface area contributed by atoms with Crippen molar-refractivity contribution in [2.24, 2.45) is 0 Å². The van der Waals surface area contributed by atoms with E-state index in [-0.39, 0.29) is 12.2 Å². The number of halogens is 4. The highest BCUT2D eigenvalue weighted by Gasteiger charge is 2.58. The zero-order valence-electron chi connectivity index (χ0n) is 10.1. The second-order valence-corrected chi connectivity index (χ2v) is 5.86. The van der Waals surface area contributed by atoms with Gasteiger partial charge in [0.25, 0.3) is 0 Å². The lowest BCUT2D eigenvalue weighted by molar-refractivity contribution is -0.0597. The van der Waals surface area contributed by atoms with E-state index in [0.717, 1.165) is 13.0 Å². The first-order chi connectivity index (χ1) is 9.10. The molecule has 1 aromatic rings. The molecule has 0 aromatic heterocycles. The molecule has 2 rings (SSSR count). The van der Waals surface area contributed by atoms with Gasteiger partial charge >= 0.3 is 15.6 Å². The maximum atomic E-state index is 13.6. The number of rotatable bonds is 4. The fourth-order valence-corrected chi connectivity index (χ4v) is 2.46. The normalized spacial score (nSPS) is 24.4. The summed E-state index contributed by atoms with van der Waals surface area (Å²) in [4.78, 5) is 0. The molecule has 0 saturated carbocycles. The lowest BCUT2D eigenvalue weighted by Gasteiger charge is -2.21. The van der Waals surface area contributed by atoms with Gasteiger partial charge in [0, 0.05) is 5.56 Å². The molecule has 1 saturated heterocycles. The molecule has 0 radical (unpaired) electrons. The van der Waals surface area contributed by atoms with Crippen molar-refractivity contribution in [3.63, 3.8) is 0 Å². The van der Waals surface area contributed by atoms with Gasteiger partial charge in [-0.25, -0.2) is 4.39 Å². The average molecular weight is 314 g/mol. The van der Waals surface area contributed by atoms with Crippen LogP contribution < -0.4 is 0 Å². The maximum Gasteiger partial charge on any atom is 0.523 e. The van der Waals surface area contributed by atoms with Crippen LogP contribution in [0.4, 0.5) is 17.6 Å². The molecule has 20 heavy (non-hydrogen) atoms. The number of alkyl halides is 3. The highest BCUT2D eigenvalue weighted by atomic mass is 32.2. The van der Waals surface area contributed by atoms with Crippen molar-refractivity contribution in [1.82, 2.24) is 0 Å². The minimum absolute atomic E-state index is 0.0372. The molecule has 1 fully saturated rings. The summed E-state index contributed by atoms with van der Waals surface area (Å²) in [5.74, 6) is -0.704. The summed E-state index contributed by atoms with van der Waals surface area (Å²) in [5.41, 5.74) is -7.08. The number of benzene rings is 1. The summed E-state index contributed by atoms with van der Waals surface area (Å²) >= 11 is 0. The largest absolute Gasteiger partial charge is 0.523 e. The summed E-state index contributed by atoms with van der Waals surface area (Å²) in [5, 5.41) is 0. The Bertz CT molecular complexity index is 607. The lowest BCUT2D eigenvalue weighted by Crippen LogP contribution is -2.36. The van der Waals surface area contributed by atoms with Crippen molar-refractivity contribution in [2.75, 3.05) is 6.61 Å². The fraction of sp³-hybridized carbons (Fsp3) is 0.455. The van der Waals surface area contributed by atoms with E-state index in [1.54, 1.807) is 0 Å². The first kappa shape index (κ1) is 15.2. The van der Waals surface area contributed by atoms with Gasteiger partial charge in [-0.1, -0.05) is 18.2 Å². The van der Waals surface area contributed by atoms with E-state index in [4.69, 9.17) is 4.74 Å². The van der Waals surface area contributed by atoms with E-state index >= 15 is 0 Å². The Morgan fingerprint density at radius 2 is 1.90 bits per heavy atom. The Morgan fingerprint density at radius 1 is 1.35 bits per heavy atom. The maximum absolute atomic E-state index is 13.6. The van der Waals surface area contributed by atoms with Gasteiger partial charge in [0.2, 0.25) is 0 Å². The number of hydrogen-bond acceptors (Lipinski definition) is 4. The monoisotopic (exact) mass is 314 g/mol. The Labute approximate surface area is 112 Å². The molecule has 4 nitrogen and oxygen atoms in total. The van der Waals surface area contributed by atoms with Crippen LogP contribution in [0.15, 0.2) is 24.3 Å². The van der Waals surface area contributed by atoms with Crippen LogP contribution in [0.25, 0.3) is 0 Å². The zero-order valence-corrected chi connectivity index (χ0v) is 11.0. The molecule has 0 spiro atoms. The highest BCUT2D eigenvalue weighted by Crippen LogP contribution is 2.45. The van der Waals surface area contributed by atoms with Gasteiger partial charge in [0.05, 0.1) is 6.61 Å². The van der Waals surface area contributed by atoms with E-state index < -0.39 is 33.1 Å². The van der Waals surface area contributed by atoms with Gasteiger partial charge < -0.3 is 4.74 Å². The molecule has 1 aliphatic heterocycles. The first-order valence-corrected chi connectivity index (χ1v) is 6.89. The van der Waals surface area contributed by atoms with Crippen LogP contribution in [0.2, 0.25) is 0 Å². The van der Waals surface area contributed by atoms with Gasteiger partial charge in [-0.05, 0) is 13.0 Å². The van der Waals surface area contributed by atoms with Crippen LogP contribution in [0.1, 0.15) is 12.5 Å². The smallest absolute Gasteiger partial charge is 0.361 e. The molecule has 9 heteroatoms. The van der Waals surface area contributed by atoms with Crippen LogP contribution >= 0.6 is 0 Å². The van der Waals surface area contributed by atoms with Crippen LogP contribution in [-0.2, 0) is 24.6 Å². The first-order valence-electron chi connectivity index (χ1n) is 5.49. The number of epoxide rings is 1. The molecule has 112 valence electrons. The highest BCUT2D eigenvalue weighted by molar-refractivity contribution is 7.87. The van der Waals surface area contributed by atoms with Gasteiger partial charge in [-0.2, -0.15) is 21.6 Å². The summed E-state index contributed by atoms with van der Waals surface area (Å²) < 4.78 is 81.4. The second-order valence-electron chi connectivity index (χ2n) is 4.30. The van der Waals surface area contributed by atoms with Crippen molar-refractivity contribution < 1.29 is 34.9 Å². The van der Waals surface area contributed by atoms with Gasteiger partial charge in [0.15, 0.2) is 0 Å². The third-order valence-electron chi connectivity index (χ3n) is 3.00. The predicted octanol–water partition coefficient (Wildman–Crippen LogP) is 2.31. The van der Waals surface area contributed by atoms with Crippen LogP contribution in [0, 0.1) is 5.82 Å². The minimum atomic E-state index is -5.76. The topological polar surface area (TPSA) is 55.9 Å². The van der Waals surface area contributed by atoms with Crippen LogP contribution in [-0.4, -0.2) is 26.6 Å². The van der Waals surface area contributed by atoms with Crippen molar-refractivity contribution >= 4 is 10.1 Å². The Kier molecular flexibility index (Phi) is 3.55. The van der Waals surface area contributed by atoms with Gasteiger partial charge in [-0.3, -0.25) is 4.18 Å². The van der Waals surface area contributed by atoms with Crippen LogP contribution in [0.5, 0.6) is 0 Å². The molecule has 0 unspecified atom stereocenters. The summed E-state index contributed by atoms with van der Waals surface area (Å²) in [6, 6.07) is 5.27. The molecule has 0 bridgehead atoms. The van der Waals surface area contributed by atoms with E-state index in [2.05, 4.69) is 4.18 Å². The SMILES string of the molecule is C[C@H](OS(=O)(=O)C(F)(F)F)[C@]1(c2ccccc2F)CO1. The lowest BCUT2D eigenvalue weighted by atomic mass is 9.94. The van der Waals surface area contributed by atoms with E-state index in [9.17, 15) is 26.0 Å². The fourth-order valence-electron chi connectivity index (χ4n) is 1.81. The summed E-state index contributed by atoms with van der Waals surface area (Å²) in [6.07, 6.45) is -1.51. The third kappa shape index (κ3) is 2.52. The average Bonchev–Trinajstić information content (AvgIpc) is 3.08. The molecule has 1 aliphatic rings. The van der Waals surface area contributed by atoms with E-state index in [1.807, 2.05) is 0 Å². The molecular weight excluding hydrogens is 304 g/mol. The third-order valence-corrected chi connectivity index (χ3v) is 4.11. The second kappa shape index (κ2) is 4.68. The molecule has 0 aliphatic carbocycles. The standard InChI is InChI=1S/C11H10F4O4S/c1-7(19-20(16,17)11(13,14)15)10(6-18-10)8-4-2-3-5-9(8)12/h2-5,7H,6H2,1H3/t7-,10-/m0/s1. The predicted molar refractivity (Wildman–Crippen MR) is 59.6 cm³/mol. The van der Waals surface area contributed by atoms with Gasteiger partial charge in [-0.15, -0.1) is 0 Å². The molecule has 0 N–H and O–H groups in total. The van der Waals surface area contributed by atoms with Crippen molar-refractivity contribution in [3.8, 4) is 0 Å². The summed E-state index contributed by atoms with van der Waals surface area (Å²) in [6.45, 7) is 0.963. The summed E-state index contributed by atoms with van der Waals surface area (Å²) in [7, 11) is -5.76. The molecule has 2 atom stereocenters. The van der Waals surface area contributed by atoms with Crippen molar-refractivity contribution in [3.05, 3.63) is 35.6 Å². The van der Waals surface area contributed by atoms with E-state index in [0.29, 0.717) is 0 Å². The zero-order chi connectivity index (χ0) is 15.2. The Morgan fingerprint density at radius 3 is 2.35 bits per heavy atom. The molecule has 1 heterocycles. The Hall–Kier alpha value is -1.19. The molecular formula is C11H10F4O4S. The minimum Gasteiger partial charge on any atom is -0.361 e. The molecule has 1 aromatic carbocycles. The Balaban J connectivity index is 2.27. The van der Waals surface area contributed by atoms with E-state index in [1.165, 1.54) is 18.2 Å². The number of ether oxygens (including phenoxy) is 1. The van der Waals surface area contributed by atoms with Gasteiger partial charge in [0.1, 0.15) is 17.5 Å². The van der Waals surface area contributed by atoms with Crippen molar-refractivity contribution in [2.45, 2.75) is 24.1 Å². The van der Waals surface area contributed by atoms with Crippen molar-refractivity contribution in [1.29, 1.82) is 0 Å².